The number of hydrogen-bond donors (Lipinski definition) is 1. The molecule has 186 valence electrons. The summed E-state index contributed by atoms with van der Waals surface area (Å²) < 4.78 is 31.9. The number of rotatable bonds is 5. The van der Waals surface area contributed by atoms with Crippen LogP contribution in [0.15, 0.2) is 67.4 Å². The van der Waals surface area contributed by atoms with E-state index in [2.05, 4.69) is 31.3 Å². The third-order valence-electron chi connectivity index (χ3n) is 6.78. The van der Waals surface area contributed by atoms with Gasteiger partial charge in [-0.2, -0.15) is 5.10 Å². The molecule has 1 fully saturated rings. The summed E-state index contributed by atoms with van der Waals surface area (Å²) in [7, 11) is 0. The van der Waals surface area contributed by atoms with Gasteiger partial charge < -0.3 is 5.32 Å². The van der Waals surface area contributed by atoms with E-state index >= 15 is 0 Å². The van der Waals surface area contributed by atoms with Crippen molar-refractivity contribution in [3.63, 3.8) is 0 Å². The van der Waals surface area contributed by atoms with Crippen LogP contribution >= 0.6 is 0 Å². The minimum atomic E-state index is -0.692. The highest BCUT2D eigenvalue weighted by atomic mass is 19.1. The SMILES string of the molecule is CC(=O)Nc1cc(-c2ccc(F)cc2F)cc(-n2cnc3cc(-c4cnn(C5CCCC5)c4)cnc32)c1. The Labute approximate surface area is 211 Å². The number of fused-ring (bicyclic) bond motifs is 1. The summed E-state index contributed by atoms with van der Waals surface area (Å²) in [5.41, 5.74) is 5.00. The van der Waals surface area contributed by atoms with Crippen LogP contribution < -0.4 is 5.32 Å². The molecule has 3 aromatic heterocycles. The molecular weight excluding hydrogens is 474 g/mol. The van der Waals surface area contributed by atoms with Gasteiger partial charge in [0, 0.05) is 47.8 Å². The largest absolute Gasteiger partial charge is 0.326 e. The summed E-state index contributed by atoms with van der Waals surface area (Å²) in [4.78, 5) is 21.0. The molecule has 3 heterocycles. The predicted octanol–water partition coefficient (Wildman–Crippen LogP) is 6.30. The van der Waals surface area contributed by atoms with Gasteiger partial charge in [-0.3, -0.25) is 14.0 Å². The first-order valence-electron chi connectivity index (χ1n) is 12.2. The lowest BCUT2D eigenvalue weighted by molar-refractivity contribution is -0.114. The van der Waals surface area contributed by atoms with Crippen LogP contribution in [-0.4, -0.2) is 30.2 Å². The van der Waals surface area contributed by atoms with E-state index < -0.39 is 11.6 Å². The third kappa shape index (κ3) is 4.48. The minimum absolute atomic E-state index is 0.216. The Bertz CT molecular complexity index is 1630. The number of pyridine rings is 1. The number of nitrogens with zero attached hydrogens (tertiary/aromatic N) is 5. The highest BCUT2D eigenvalue weighted by Gasteiger charge is 2.18. The molecule has 7 nitrogen and oxygen atoms in total. The zero-order valence-electron chi connectivity index (χ0n) is 20.2. The number of imidazole rings is 1. The van der Waals surface area contributed by atoms with Crippen LogP contribution in [0.5, 0.6) is 0 Å². The number of aromatic nitrogens is 5. The molecule has 1 saturated carbocycles. The summed E-state index contributed by atoms with van der Waals surface area (Å²) in [5, 5.41) is 7.32. The molecule has 6 rings (SSSR count). The molecule has 0 unspecified atom stereocenters. The lowest BCUT2D eigenvalue weighted by Gasteiger charge is -2.12. The zero-order chi connectivity index (χ0) is 25.5. The Balaban J connectivity index is 1.40. The first-order chi connectivity index (χ1) is 17.9. The number of anilines is 1. The second kappa shape index (κ2) is 9.24. The van der Waals surface area contributed by atoms with Gasteiger partial charge in [0.1, 0.15) is 23.5 Å². The average molecular weight is 499 g/mol. The van der Waals surface area contributed by atoms with Crippen molar-refractivity contribution in [2.75, 3.05) is 5.32 Å². The van der Waals surface area contributed by atoms with E-state index in [4.69, 9.17) is 0 Å². The molecule has 0 radical (unpaired) electrons. The molecule has 0 bridgehead atoms. The Hall–Kier alpha value is -4.40. The number of benzene rings is 2. The molecule has 0 spiro atoms. The lowest BCUT2D eigenvalue weighted by atomic mass is 10.0. The third-order valence-corrected chi connectivity index (χ3v) is 6.78. The fraction of sp³-hybridized carbons (Fsp3) is 0.214. The fourth-order valence-electron chi connectivity index (χ4n) is 5.01. The number of amides is 1. The van der Waals surface area contributed by atoms with Crippen LogP contribution in [0.2, 0.25) is 0 Å². The first kappa shape index (κ1) is 23.0. The maximum Gasteiger partial charge on any atom is 0.221 e. The summed E-state index contributed by atoms with van der Waals surface area (Å²) in [6.45, 7) is 1.40. The maximum atomic E-state index is 14.6. The monoisotopic (exact) mass is 498 g/mol. The summed E-state index contributed by atoms with van der Waals surface area (Å²) in [6.07, 6.45) is 12.1. The number of halogens is 2. The summed E-state index contributed by atoms with van der Waals surface area (Å²) >= 11 is 0. The fourth-order valence-corrected chi connectivity index (χ4v) is 5.01. The maximum absolute atomic E-state index is 14.6. The van der Waals surface area contributed by atoms with Crippen molar-refractivity contribution in [3.05, 3.63) is 79.0 Å². The van der Waals surface area contributed by atoms with Gasteiger partial charge in [0.15, 0.2) is 5.65 Å². The number of nitrogens with one attached hydrogen (secondary N) is 1. The van der Waals surface area contributed by atoms with Gasteiger partial charge in [0.25, 0.3) is 0 Å². The number of hydrogen-bond acceptors (Lipinski definition) is 4. The number of carbonyl (C=O) groups excluding carboxylic acids is 1. The van der Waals surface area contributed by atoms with Crippen LogP contribution in [0.1, 0.15) is 38.6 Å². The van der Waals surface area contributed by atoms with Gasteiger partial charge in [0.05, 0.1) is 17.9 Å². The van der Waals surface area contributed by atoms with Crippen LogP contribution in [0.3, 0.4) is 0 Å². The van der Waals surface area contributed by atoms with Crippen LogP contribution in [0, 0.1) is 11.6 Å². The molecule has 1 amide bonds. The van der Waals surface area contributed by atoms with Gasteiger partial charge in [-0.25, -0.2) is 18.7 Å². The molecular formula is C28H24F2N6O. The number of carbonyl (C=O) groups is 1. The quantitative estimate of drug-likeness (QED) is 0.308. The summed E-state index contributed by atoms with van der Waals surface area (Å²) in [6, 6.07) is 11.0. The van der Waals surface area contributed by atoms with Gasteiger partial charge >= 0.3 is 0 Å². The van der Waals surface area contributed by atoms with Crippen LogP contribution in [-0.2, 0) is 4.79 Å². The second-order valence-corrected chi connectivity index (χ2v) is 9.40. The Morgan fingerprint density at radius 3 is 2.59 bits per heavy atom. The van der Waals surface area contributed by atoms with E-state index in [0.717, 1.165) is 30.0 Å². The van der Waals surface area contributed by atoms with E-state index in [1.165, 1.54) is 31.9 Å². The van der Waals surface area contributed by atoms with Crippen molar-refractivity contribution < 1.29 is 13.6 Å². The van der Waals surface area contributed by atoms with E-state index in [1.807, 2.05) is 12.3 Å². The van der Waals surface area contributed by atoms with Crippen molar-refractivity contribution in [3.8, 4) is 27.9 Å². The highest BCUT2D eigenvalue weighted by Crippen LogP contribution is 2.32. The van der Waals surface area contributed by atoms with Crippen molar-refractivity contribution in [1.82, 2.24) is 24.3 Å². The standard InChI is InChI=1S/C28H24F2N6O/c1-17(37)34-22-8-18(25-7-6-21(29)11-26(25)30)9-24(12-22)35-16-32-27-10-19(13-31-28(27)35)20-14-33-36(15-20)23-4-2-3-5-23/h6-16,23H,2-5H2,1H3,(H,34,37). The highest BCUT2D eigenvalue weighted by molar-refractivity contribution is 5.90. The normalized spacial score (nSPS) is 13.9. The summed E-state index contributed by atoms with van der Waals surface area (Å²) in [5.74, 6) is -1.62. The van der Waals surface area contributed by atoms with Crippen molar-refractivity contribution in [2.45, 2.75) is 38.6 Å². The first-order valence-corrected chi connectivity index (χ1v) is 12.2. The average Bonchev–Trinajstić information content (AvgIpc) is 3.63. The second-order valence-electron chi connectivity index (χ2n) is 9.40. The van der Waals surface area contributed by atoms with E-state index in [-0.39, 0.29) is 11.5 Å². The van der Waals surface area contributed by atoms with E-state index in [9.17, 15) is 13.6 Å². The Morgan fingerprint density at radius 1 is 0.973 bits per heavy atom. The topological polar surface area (TPSA) is 77.6 Å². The molecule has 2 aromatic carbocycles. The Kier molecular flexibility index (Phi) is 5.75. The van der Waals surface area contributed by atoms with E-state index in [0.29, 0.717) is 34.1 Å². The van der Waals surface area contributed by atoms with Gasteiger partial charge in [-0.15, -0.1) is 0 Å². The van der Waals surface area contributed by atoms with Crippen LogP contribution in [0.25, 0.3) is 39.1 Å². The van der Waals surface area contributed by atoms with Crippen molar-refractivity contribution in [1.29, 1.82) is 0 Å². The van der Waals surface area contributed by atoms with E-state index in [1.54, 1.807) is 35.3 Å². The molecule has 0 saturated heterocycles. The van der Waals surface area contributed by atoms with Gasteiger partial charge in [-0.05, 0) is 54.8 Å². The lowest BCUT2D eigenvalue weighted by Crippen LogP contribution is -2.07. The molecule has 9 heteroatoms. The zero-order valence-corrected chi connectivity index (χ0v) is 20.2. The van der Waals surface area contributed by atoms with Gasteiger partial charge in [-0.1, -0.05) is 12.8 Å². The molecule has 1 aliphatic carbocycles. The molecule has 1 aliphatic rings. The molecule has 0 aliphatic heterocycles. The van der Waals surface area contributed by atoms with Gasteiger partial charge in [0.2, 0.25) is 5.91 Å². The molecule has 37 heavy (non-hydrogen) atoms. The van der Waals surface area contributed by atoms with Crippen molar-refractivity contribution >= 4 is 22.8 Å². The molecule has 5 aromatic rings. The molecule has 0 atom stereocenters. The smallest absolute Gasteiger partial charge is 0.221 e. The van der Waals surface area contributed by atoms with Crippen LogP contribution in [0.4, 0.5) is 14.5 Å². The predicted molar refractivity (Wildman–Crippen MR) is 137 cm³/mol. The van der Waals surface area contributed by atoms with Crippen molar-refractivity contribution in [2.24, 2.45) is 0 Å². The molecule has 1 N–H and O–H groups in total. The Morgan fingerprint density at radius 2 is 1.81 bits per heavy atom. The minimum Gasteiger partial charge on any atom is -0.326 e.